The number of hydrogen-bond acceptors (Lipinski definition) is 0. The van der Waals surface area contributed by atoms with Crippen molar-refractivity contribution < 1.29 is 0 Å². The fourth-order valence-electron chi connectivity index (χ4n) is 0.322. The summed E-state index contributed by atoms with van der Waals surface area (Å²) in [7, 11) is 0. The molecule has 0 saturated heterocycles. The summed E-state index contributed by atoms with van der Waals surface area (Å²) in [5, 5.41) is 0. The van der Waals surface area contributed by atoms with E-state index in [0.717, 1.165) is 6.42 Å². The van der Waals surface area contributed by atoms with Crippen LogP contribution in [0, 0.1) is 0 Å². The SMILES string of the molecule is C=CCCC(=[Se])[Se]C. The van der Waals surface area contributed by atoms with E-state index >= 15 is 0 Å². The van der Waals surface area contributed by atoms with E-state index in [4.69, 9.17) is 0 Å². The van der Waals surface area contributed by atoms with Gasteiger partial charge in [0, 0.05) is 0 Å². The summed E-state index contributed by atoms with van der Waals surface area (Å²) in [5.74, 6) is 2.22. The first kappa shape index (κ1) is 8.65. The van der Waals surface area contributed by atoms with Gasteiger partial charge in [-0.2, -0.15) is 0 Å². The molecule has 2 heteroatoms. The van der Waals surface area contributed by atoms with Crippen LogP contribution in [0.2, 0.25) is 5.82 Å². The van der Waals surface area contributed by atoms with Crippen molar-refractivity contribution >= 4 is 33.8 Å². The summed E-state index contributed by atoms with van der Waals surface area (Å²) in [5.41, 5.74) is 0. The van der Waals surface area contributed by atoms with E-state index < -0.39 is 0 Å². The molecule has 0 radical (unpaired) electrons. The molecule has 0 atom stereocenters. The van der Waals surface area contributed by atoms with Crippen LogP contribution in [0.15, 0.2) is 12.7 Å². The molecule has 46 valence electrons. The van der Waals surface area contributed by atoms with Crippen LogP contribution in [0.4, 0.5) is 0 Å². The topological polar surface area (TPSA) is 0 Å². The molecule has 0 nitrogen and oxygen atoms in total. The summed E-state index contributed by atoms with van der Waals surface area (Å²) in [4.78, 5) is 0. The number of hydrogen-bond donors (Lipinski definition) is 0. The third-order valence-electron chi connectivity index (χ3n) is 0.780. The minimum atomic E-state index is 0.697. The van der Waals surface area contributed by atoms with Gasteiger partial charge in [0.05, 0.1) is 0 Å². The molecule has 8 heavy (non-hydrogen) atoms. The van der Waals surface area contributed by atoms with E-state index in [1.165, 1.54) is 9.74 Å². The average molecular weight is 240 g/mol. The third-order valence-corrected chi connectivity index (χ3v) is 4.41. The Morgan fingerprint density at radius 1 is 1.88 bits per heavy atom. The van der Waals surface area contributed by atoms with Gasteiger partial charge in [-0.05, 0) is 0 Å². The molecule has 0 aromatic heterocycles. The molecule has 0 bridgehead atoms. The summed E-state index contributed by atoms with van der Waals surface area (Å²) < 4.78 is 1.51. The summed E-state index contributed by atoms with van der Waals surface area (Å²) in [6.07, 6.45) is 4.28. The van der Waals surface area contributed by atoms with Crippen LogP contribution < -0.4 is 0 Å². The fourth-order valence-corrected chi connectivity index (χ4v) is 1.24. The van der Waals surface area contributed by atoms with Crippen LogP contribution in [-0.2, 0) is 0 Å². The second-order valence-electron chi connectivity index (χ2n) is 1.40. The number of rotatable bonds is 4. The molecule has 0 saturated carbocycles. The fraction of sp³-hybridized carbons (Fsp3) is 0.500. The molecular weight excluding hydrogens is 230 g/mol. The van der Waals surface area contributed by atoms with E-state index in [1.54, 1.807) is 0 Å². The predicted molar refractivity (Wildman–Crippen MR) is 41.8 cm³/mol. The molecule has 0 aliphatic heterocycles. The molecule has 0 aromatic carbocycles. The van der Waals surface area contributed by atoms with E-state index in [0.29, 0.717) is 15.0 Å². The summed E-state index contributed by atoms with van der Waals surface area (Å²) in [6.45, 7) is 3.65. The minimum absolute atomic E-state index is 0.697. The van der Waals surface area contributed by atoms with Crippen LogP contribution in [0.25, 0.3) is 0 Å². The van der Waals surface area contributed by atoms with Crippen molar-refractivity contribution in [2.24, 2.45) is 0 Å². The zero-order chi connectivity index (χ0) is 6.41. The van der Waals surface area contributed by atoms with Crippen molar-refractivity contribution in [3.63, 3.8) is 0 Å². The molecule has 0 aliphatic carbocycles. The Kier molecular flexibility index (Phi) is 6.25. The van der Waals surface area contributed by atoms with Crippen molar-refractivity contribution in [3.05, 3.63) is 12.7 Å². The van der Waals surface area contributed by atoms with Crippen LogP contribution in [0.5, 0.6) is 0 Å². The molecule has 0 aromatic rings. The van der Waals surface area contributed by atoms with Crippen molar-refractivity contribution in [1.82, 2.24) is 0 Å². The van der Waals surface area contributed by atoms with Gasteiger partial charge in [-0.1, -0.05) is 0 Å². The molecule has 0 heterocycles. The Morgan fingerprint density at radius 3 is 2.88 bits per heavy atom. The molecule has 0 amide bonds. The Hall–Kier alpha value is 0.649. The molecule has 0 aliphatic rings. The van der Waals surface area contributed by atoms with Crippen LogP contribution in [0.3, 0.4) is 0 Å². The van der Waals surface area contributed by atoms with Crippen molar-refractivity contribution in [2.45, 2.75) is 18.7 Å². The third kappa shape index (κ3) is 4.80. The van der Waals surface area contributed by atoms with Crippen molar-refractivity contribution in [3.8, 4) is 0 Å². The average Bonchev–Trinajstić information content (AvgIpc) is 1.83. The molecule has 0 unspecified atom stereocenters. The van der Waals surface area contributed by atoms with E-state index in [9.17, 15) is 0 Å². The van der Waals surface area contributed by atoms with Crippen LogP contribution >= 0.6 is 0 Å². The Morgan fingerprint density at radius 2 is 2.50 bits per heavy atom. The normalized spacial score (nSPS) is 8.62. The first-order valence-corrected chi connectivity index (χ1v) is 5.91. The van der Waals surface area contributed by atoms with Crippen LogP contribution in [-0.4, -0.2) is 33.8 Å². The van der Waals surface area contributed by atoms with E-state index in [2.05, 4.69) is 28.0 Å². The zero-order valence-corrected chi connectivity index (χ0v) is 8.44. The first-order chi connectivity index (χ1) is 3.81. The standard InChI is InChI=1S/C6H10Se2/c1-3-4-5-6(7)8-2/h3H,1,4-5H2,2H3. The molecular formula is C6H10Se2. The molecule has 0 N–H and O–H groups in total. The first-order valence-electron chi connectivity index (χ1n) is 2.49. The second-order valence-corrected chi connectivity index (χ2v) is 5.64. The van der Waals surface area contributed by atoms with Gasteiger partial charge in [0.15, 0.2) is 0 Å². The maximum absolute atomic E-state index is 3.65. The predicted octanol–water partition coefficient (Wildman–Crippen LogP) is 1.00. The van der Waals surface area contributed by atoms with E-state index in [-0.39, 0.29) is 0 Å². The van der Waals surface area contributed by atoms with Crippen molar-refractivity contribution in [2.75, 3.05) is 0 Å². The summed E-state index contributed by atoms with van der Waals surface area (Å²) >= 11 is 3.76. The Balaban J connectivity index is 3.11. The van der Waals surface area contributed by atoms with Gasteiger partial charge in [0.1, 0.15) is 0 Å². The van der Waals surface area contributed by atoms with Gasteiger partial charge >= 0.3 is 65.2 Å². The number of allylic oxidation sites excluding steroid dienone is 1. The molecule has 0 spiro atoms. The van der Waals surface area contributed by atoms with Crippen LogP contribution in [0.1, 0.15) is 12.8 Å². The van der Waals surface area contributed by atoms with Gasteiger partial charge in [0.2, 0.25) is 0 Å². The van der Waals surface area contributed by atoms with E-state index in [1.807, 2.05) is 6.08 Å². The van der Waals surface area contributed by atoms with Crippen molar-refractivity contribution in [1.29, 1.82) is 0 Å². The van der Waals surface area contributed by atoms with Gasteiger partial charge in [-0.25, -0.2) is 0 Å². The molecule has 0 fully saturated rings. The second kappa shape index (κ2) is 5.78. The monoisotopic (exact) mass is 242 g/mol. The zero-order valence-electron chi connectivity index (χ0n) is 5.02. The van der Waals surface area contributed by atoms with Gasteiger partial charge < -0.3 is 0 Å². The Bertz CT molecular complexity index is 86.5. The summed E-state index contributed by atoms with van der Waals surface area (Å²) in [6, 6.07) is 0. The van der Waals surface area contributed by atoms with Gasteiger partial charge in [0.25, 0.3) is 0 Å². The molecule has 0 rings (SSSR count). The van der Waals surface area contributed by atoms with Gasteiger partial charge in [-0.3, -0.25) is 0 Å². The maximum atomic E-state index is 3.65. The quantitative estimate of drug-likeness (QED) is 0.508. The van der Waals surface area contributed by atoms with Gasteiger partial charge in [-0.15, -0.1) is 0 Å². The Labute approximate surface area is 65.3 Å².